The van der Waals surface area contributed by atoms with E-state index in [4.69, 9.17) is 5.73 Å². The minimum atomic E-state index is -4.19. The molecule has 2 unspecified atom stereocenters. The van der Waals surface area contributed by atoms with Crippen LogP contribution in [0.1, 0.15) is 20.8 Å². The van der Waals surface area contributed by atoms with Gasteiger partial charge in [-0.3, -0.25) is 0 Å². The second kappa shape index (κ2) is 5.10. The van der Waals surface area contributed by atoms with E-state index in [2.05, 4.69) is 0 Å². The Hall–Kier alpha value is 0.100. The van der Waals surface area contributed by atoms with Crippen molar-refractivity contribution in [3.63, 3.8) is 0 Å². The maximum absolute atomic E-state index is 12.3. The van der Waals surface area contributed by atoms with Crippen LogP contribution in [0.3, 0.4) is 0 Å². The maximum atomic E-state index is 12.3. The largest absolute Gasteiger partial charge is 0.402 e. The minimum absolute atomic E-state index is 0.258. The van der Waals surface area contributed by atoms with Crippen LogP contribution in [0.5, 0.6) is 0 Å². The summed E-state index contributed by atoms with van der Waals surface area (Å²) < 4.78 is 37.0. The fourth-order valence-corrected chi connectivity index (χ4v) is 1.93. The summed E-state index contributed by atoms with van der Waals surface area (Å²) in [5, 5.41) is -1.44. The highest BCUT2D eigenvalue weighted by atomic mass is 32.2. The van der Waals surface area contributed by atoms with Gasteiger partial charge in [0.25, 0.3) is 0 Å². The van der Waals surface area contributed by atoms with E-state index in [-0.39, 0.29) is 5.92 Å². The van der Waals surface area contributed by atoms with E-state index in [0.29, 0.717) is 5.75 Å². The van der Waals surface area contributed by atoms with Gasteiger partial charge < -0.3 is 5.73 Å². The predicted octanol–water partition coefficient (Wildman–Crippen LogP) is 2.65. The van der Waals surface area contributed by atoms with Gasteiger partial charge in [0.15, 0.2) is 0 Å². The Morgan fingerprint density at radius 3 is 1.92 bits per heavy atom. The molecule has 0 bridgehead atoms. The first-order chi connectivity index (χ1) is 5.75. The van der Waals surface area contributed by atoms with Crippen molar-refractivity contribution < 1.29 is 13.2 Å². The highest BCUT2D eigenvalue weighted by Crippen LogP contribution is 2.32. The Kier molecular flexibility index (Phi) is 5.14. The zero-order valence-electron chi connectivity index (χ0n) is 8.06. The lowest BCUT2D eigenvalue weighted by molar-refractivity contribution is -0.131. The van der Waals surface area contributed by atoms with E-state index in [1.165, 1.54) is 6.92 Å². The van der Waals surface area contributed by atoms with Crippen LogP contribution in [0.15, 0.2) is 0 Å². The molecule has 13 heavy (non-hydrogen) atoms. The molecule has 0 saturated carbocycles. The molecule has 0 amide bonds. The van der Waals surface area contributed by atoms with E-state index in [1.807, 2.05) is 13.8 Å². The molecule has 0 spiro atoms. The van der Waals surface area contributed by atoms with Gasteiger partial charge in [-0.05, 0) is 18.6 Å². The molecule has 0 aromatic rings. The Labute approximate surface area is 81.3 Å². The van der Waals surface area contributed by atoms with Crippen molar-refractivity contribution in [2.24, 2.45) is 11.7 Å². The van der Waals surface area contributed by atoms with E-state index in [1.54, 1.807) is 0 Å². The van der Waals surface area contributed by atoms with Crippen molar-refractivity contribution in [1.82, 2.24) is 0 Å². The van der Waals surface area contributed by atoms with Gasteiger partial charge in [0.2, 0.25) is 0 Å². The zero-order valence-corrected chi connectivity index (χ0v) is 8.88. The second-order valence-corrected chi connectivity index (χ2v) is 4.72. The van der Waals surface area contributed by atoms with Gasteiger partial charge >= 0.3 is 6.18 Å². The fraction of sp³-hybridized carbons (Fsp3) is 1.00. The van der Waals surface area contributed by atoms with Crippen LogP contribution in [0, 0.1) is 5.92 Å². The SMILES string of the molecule is CC(C)CSC(C(C)N)C(F)(F)F. The number of thioether (sulfide) groups is 1. The molecule has 5 heteroatoms. The average molecular weight is 215 g/mol. The normalized spacial score (nSPS) is 17.5. The number of nitrogens with two attached hydrogens (primary N) is 1. The third-order valence-electron chi connectivity index (χ3n) is 1.41. The molecule has 0 aliphatic carbocycles. The molecule has 0 fully saturated rings. The molecule has 0 aromatic carbocycles. The highest BCUT2D eigenvalue weighted by Gasteiger charge is 2.42. The lowest BCUT2D eigenvalue weighted by atomic mass is 10.2. The van der Waals surface area contributed by atoms with Crippen LogP contribution in [0.4, 0.5) is 13.2 Å². The van der Waals surface area contributed by atoms with Gasteiger partial charge in [0.05, 0.1) is 0 Å². The molecule has 0 radical (unpaired) electrons. The van der Waals surface area contributed by atoms with Gasteiger partial charge in [-0.1, -0.05) is 13.8 Å². The first kappa shape index (κ1) is 13.1. The molecule has 0 aliphatic heterocycles. The molecule has 0 heterocycles. The molecule has 0 aromatic heterocycles. The Morgan fingerprint density at radius 2 is 1.69 bits per heavy atom. The quantitative estimate of drug-likeness (QED) is 0.780. The lowest BCUT2D eigenvalue weighted by Gasteiger charge is -2.23. The Morgan fingerprint density at radius 1 is 1.23 bits per heavy atom. The smallest absolute Gasteiger partial charge is 0.327 e. The summed E-state index contributed by atoms with van der Waals surface area (Å²) in [5.41, 5.74) is 5.27. The molecule has 0 saturated heterocycles. The molecular weight excluding hydrogens is 199 g/mol. The molecule has 2 N–H and O–H groups in total. The van der Waals surface area contributed by atoms with Crippen LogP contribution in [-0.2, 0) is 0 Å². The molecule has 1 nitrogen and oxygen atoms in total. The molecule has 2 atom stereocenters. The Balaban J connectivity index is 4.12. The second-order valence-electron chi connectivity index (χ2n) is 3.55. The van der Waals surface area contributed by atoms with Crippen LogP contribution < -0.4 is 5.73 Å². The number of hydrogen-bond acceptors (Lipinski definition) is 2. The maximum Gasteiger partial charge on any atom is 0.402 e. The van der Waals surface area contributed by atoms with Gasteiger partial charge in [0.1, 0.15) is 5.25 Å². The fourth-order valence-electron chi connectivity index (χ4n) is 0.840. The summed E-state index contributed by atoms with van der Waals surface area (Å²) in [6, 6.07) is -0.844. The molecule has 0 aliphatic rings. The topological polar surface area (TPSA) is 26.0 Å². The van der Waals surface area contributed by atoms with Crippen molar-refractivity contribution in [2.45, 2.75) is 38.2 Å². The van der Waals surface area contributed by atoms with Crippen molar-refractivity contribution in [3.05, 3.63) is 0 Å². The van der Waals surface area contributed by atoms with Gasteiger partial charge in [-0.25, -0.2) is 0 Å². The number of rotatable bonds is 4. The average Bonchev–Trinajstić information content (AvgIpc) is 1.81. The molecule has 80 valence electrons. The standard InChI is InChI=1S/C8H16F3NS/c1-5(2)4-13-7(6(3)12)8(9,10)11/h5-7H,4,12H2,1-3H3. The number of halogens is 3. The van der Waals surface area contributed by atoms with E-state index in [9.17, 15) is 13.2 Å². The Bertz CT molecular complexity index is 145. The minimum Gasteiger partial charge on any atom is -0.327 e. The van der Waals surface area contributed by atoms with E-state index < -0.39 is 17.5 Å². The highest BCUT2D eigenvalue weighted by molar-refractivity contribution is 8.00. The molecular formula is C8H16F3NS. The molecule has 0 rings (SSSR count). The number of hydrogen-bond donors (Lipinski definition) is 1. The summed E-state index contributed by atoms with van der Waals surface area (Å²) >= 11 is 0.895. The predicted molar refractivity (Wildman–Crippen MR) is 50.8 cm³/mol. The van der Waals surface area contributed by atoms with Gasteiger partial charge in [-0.15, -0.1) is 11.8 Å². The summed E-state index contributed by atoms with van der Waals surface area (Å²) in [5.74, 6) is 0.750. The summed E-state index contributed by atoms with van der Waals surface area (Å²) in [6.07, 6.45) is -4.19. The van der Waals surface area contributed by atoms with Gasteiger partial charge in [0, 0.05) is 6.04 Å². The number of alkyl halides is 3. The van der Waals surface area contributed by atoms with E-state index in [0.717, 1.165) is 11.8 Å². The summed E-state index contributed by atoms with van der Waals surface area (Å²) in [7, 11) is 0. The first-order valence-corrected chi connectivity index (χ1v) is 5.24. The van der Waals surface area contributed by atoms with Crippen LogP contribution in [0.2, 0.25) is 0 Å². The lowest BCUT2D eigenvalue weighted by Crippen LogP contribution is -2.41. The van der Waals surface area contributed by atoms with Crippen LogP contribution in [0.25, 0.3) is 0 Å². The monoisotopic (exact) mass is 215 g/mol. The zero-order chi connectivity index (χ0) is 10.6. The summed E-state index contributed by atoms with van der Waals surface area (Å²) in [6.45, 7) is 5.18. The first-order valence-electron chi connectivity index (χ1n) is 4.19. The summed E-state index contributed by atoms with van der Waals surface area (Å²) in [4.78, 5) is 0. The van der Waals surface area contributed by atoms with Crippen LogP contribution >= 0.6 is 11.8 Å². The van der Waals surface area contributed by atoms with Crippen molar-refractivity contribution >= 4 is 11.8 Å². The third kappa shape index (κ3) is 5.41. The van der Waals surface area contributed by atoms with Crippen molar-refractivity contribution in [1.29, 1.82) is 0 Å². The van der Waals surface area contributed by atoms with Crippen molar-refractivity contribution in [3.8, 4) is 0 Å². The third-order valence-corrected chi connectivity index (χ3v) is 3.32. The van der Waals surface area contributed by atoms with Crippen molar-refractivity contribution in [2.75, 3.05) is 5.75 Å². The van der Waals surface area contributed by atoms with Gasteiger partial charge in [-0.2, -0.15) is 13.2 Å². The van der Waals surface area contributed by atoms with Crippen LogP contribution in [-0.4, -0.2) is 23.2 Å². The van der Waals surface area contributed by atoms with E-state index >= 15 is 0 Å².